The second-order valence-electron chi connectivity index (χ2n) is 11.9. The van der Waals surface area contributed by atoms with Gasteiger partial charge < -0.3 is 24.1 Å². The molecule has 2 aromatic carbocycles. The van der Waals surface area contributed by atoms with Gasteiger partial charge in [-0.25, -0.2) is 8.78 Å². The molecule has 0 saturated carbocycles. The number of hydrogen-bond acceptors (Lipinski definition) is 9. The van der Waals surface area contributed by atoms with Gasteiger partial charge in [0.15, 0.2) is 5.83 Å². The highest BCUT2D eigenvalue weighted by molar-refractivity contribution is 6.14. The number of nitrogens with zero attached hydrogens (tertiary/aromatic N) is 6. The van der Waals surface area contributed by atoms with E-state index in [4.69, 9.17) is 19.1 Å². The summed E-state index contributed by atoms with van der Waals surface area (Å²) in [5.74, 6) is -1.27. The minimum Gasteiger partial charge on any atom is -0.508 e. The fourth-order valence-corrected chi connectivity index (χ4v) is 6.74. The number of anilines is 1. The van der Waals surface area contributed by atoms with Crippen LogP contribution >= 0.6 is 0 Å². The van der Waals surface area contributed by atoms with Crippen LogP contribution in [0.5, 0.6) is 11.8 Å². The number of phenols is 1. The van der Waals surface area contributed by atoms with Gasteiger partial charge in [0.05, 0.1) is 35.7 Å². The van der Waals surface area contributed by atoms with Crippen molar-refractivity contribution >= 4 is 33.6 Å². The summed E-state index contributed by atoms with van der Waals surface area (Å²) >= 11 is 0. The zero-order valence-corrected chi connectivity index (χ0v) is 25.9. The number of fused-ring (bicyclic) bond motifs is 3. The molecule has 2 aliphatic rings. The molecule has 4 heterocycles. The quantitative estimate of drug-likeness (QED) is 0.236. The first-order valence-corrected chi connectivity index (χ1v) is 15.4. The molecule has 0 aliphatic carbocycles. The summed E-state index contributed by atoms with van der Waals surface area (Å²) in [6, 6.07) is 8.89. The minimum absolute atomic E-state index is 0.00951. The van der Waals surface area contributed by atoms with Gasteiger partial charge in [0.2, 0.25) is 0 Å². The largest absolute Gasteiger partial charge is 0.508 e. The number of aromatic nitrogens is 2. The highest BCUT2D eigenvalue weighted by atomic mass is 19.1. The molecule has 1 amide bonds. The van der Waals surface area contributed by atoms with Crippen LogP contribution in [0.3, 0.4) is 0 Å². The second-order valence-corrected chi connectivity index (χ2v) is 11.9. The van der Waals surface area contributed by atoms with Crippen LogP contribution in [0.1, 0.15) is 30.4 Å². The predicted octanol–water partition coefficient (Wildman–Crippen LogP) is 5.59. The Morgan fingerprint density at radius 3 is 2.78 bits per heavy atom. The summed E-state index contributed by atoms with van der Waals surface area (Å²) < 4.78 is 39.4. The lowest BCUT2D eigenvalue weighted by Crippen LogP contribution is -2.55. The number of aromatic hydroxyl groups is 1. The molecule has 2 atom stereocenters. The highest BCUT2D eigenvalue weighted by Crippen LogP contribution is 2.42. The van der Waals surface area contributed by atoms with Crippen molar-refractivity contribution in [1.82, 2.24) is 19.8 Å². The summed E-state index contributed by atoms with van der Waals surface area (Å²) in [6.07, 6.45) is 3.41. The van der Waals surface area contributed by atoms with Gasteiger partial charge in [-0.2, -0.15) is 15.2 Å². The molecule has 0 radical (unpaired) electrons. The van der Waals surface area contributed by atoms with Crippen LogP contribution in [0.4, 0.5) is 14.6 Å². The first-order chi connectivity index (χ1) is 22.2. The van der Waals surface area contributed by atoms with Crippen molar-refractivity contribution in [3.8, 4) is 29.0 Å². The average Bonchev–Trinajstić information content (AvgIpc) is 3.71. The van der Waals surface area contributed by atoms with E-state index in [-0.39, 0.29) is 43.9 Å². The fraction of sp³-hybridized carbons (Fsp3) is 0.412. The fourth-order valence-electron chi connectivity index (χ4n) is 6.74. The maximum absolute atomic E-state index is 13.9. The Morgan fingerprint density at radius 2 is 2.02 bits per heavy atom. The van der Waals surface area contributed by atoms with Crippen LogP contribution in [0.25, 0.3) is 33.0 Å². The molecule has 240 valence electrons. The van der Waals surface area contributed by atoms with Crippen LogP contribution in [-0.4, -0.2) is 88.9 Å². The van der Waals surface area contributed by atoms with E-state index in [0.717, 1.165) is 47.0 Å². The van der Waals surface area contributed by atoms with Gasteiger partial charge in [-0.1, -0.05) is 6.58 Å². The maximum Gasteiger partial charge on any atom is 0.319 e. The van der Waals surface area contributed by atoms with Crippen molar-refractivity contribution in [3.63, 3.8) is 0 Å². The lowest BCUT2D eigenvalue weighted by molar-refractivity contribution is -0.131. The standard InChI is InChI=1S/C34H36F2N6O4/c1-20-15-25(43)16-27(21(20)2)28-17-29-30(31-26(28)7-14-45-31)32(39-34(38-29)46-19-24-5-4-10-40(24)11-8-35)41-12-13-42(33(44)22(3)36)23(18-41)6-9-37/h7,14-17,23-24,43H,3-6,8,10-13,18-19H2,1-2H3/t23-,24-/m0/s1. The number of furan rings is 1. The van der Waals surface area contributed by atoms with Crippen LogP contribution in [-0.2, 0) is 4.79 Å². The molecule has 0 bridgehead atoms. The van der Waals surface area contributed by atoms with Crippen molar-refractivity contribution < 1.29 is 27.8 Å². The number of likely N-dealkylation sites (tertiary alicyclic amines) is 1. The molecule has 46 heavy (non-hydrogen) atoms. The zero-order valence-electron chi connectivity index (χ0n) is 25.9. The molecule has 12 heteroatoms. The highest BCUT2D eigenvalue weighted by Gasteiger charge is 2.34. The minimum atomic E-state index is -1.07. The molecular formula is C34H36F2N6O4. The molecule has 2 aromatic heterocycles. The molecule has 6 rings (SSSR count). The van der Waals surface area contributed by atoms with Crippen molar-refractivity contribution in [1.29, 1.82) is 5.26 Å². The van der Waals surface area contributed by atoms with E-state index in [1.165, 1.54) is 4.90 Å². The van der Waals surface area contributed by atoms with E-state index in [1.54, 1.807) is 18.4 Å². The van der Waals surface area contributed by atoms with E-state index in [2.05, 4.69) is 17.5 Å². The summed E-state index contributed by atoms with van der Waals surface area (Å²) in [5, 5.41) is 21.5. The number of amides is 1. The Labute approximate surface area is 265 Å². The summed E-state index contributed by atoms with van der Waals surface area (Å²) in [4.78, 5) is 27.6. The van der Waals surface area contributed by atoms with Crippen LogP contribution in [0, 0.1) is 25.2 Å². The summed E-state index contributed by atoms with van der Waals surface area (Å²) in [7, 11) is 0. The Bertz CT molecular complexity index is 1850. The Balaban J connectivity index is 1.48. The van der Waals surface area contributed by atoms with Gasteiger partial charge in [-0.05, 0) is 79.8 Å². The number of halogens is 2. The van der Waals surface area contributed by atoms with Gasteiger partial charge in [0, 0.05) is 37.6 Å². The number of nitriles is 1. The van der Waals surface area contributed by atoms with E-state index >= 15 is 0 Å². The van der Waals surface area contributed by atoms with Crippen LogP contribution in [0.15, 0.2) is 47.4 Å². The summed E-state index contributed by atoms with van der Waals surface area (Å²) in [6.45, 7) is 8.74. The molecule has 10 nitrogen and oxygen atoms in total. The van der Waals surface area contributed by atoms with Gasteiger partial charge in [0.1, 0.15) is 30.4 Å². The van der Waals surface area contributed by atoms with E-state index in [1.807, 2.05) is 30.9 Å². The average molecular weight is 631 g/mol. The molecule has 2 aliphatic heterocycles. The van der Waals surface area contributed by atoms with Crippen molar-refractivity contribution in [3.05, 3.63) is 54.1 Å². The summed E-state index contributed by atoms with van der Waals surface area (Å²) in [5.41, 5.74) is 4.64. The van der Waals surface area contributed by atoms with Gasteiger partial charge >= 0.3 is 6.01 Å². The number of carbonyl (C=O) groups is 1. The number of rotatable bonds is 9. The third kappa shape index (κ3) is 5.83. The SMILES string of the molecule is C=C(F)C(=O)N1CCN(c2nc(OC[C@@H]3CCCN3CCF)nc3cc(-c4cc(O)cc(C)c4C)c4ccoc4c23)C[C@@H]1CC#N. The van der Waals surface area contributed by atoms with E-state index in [9.17, 15) is 23.9 Å². The van der Waals surface area contributed by atoms with Crippen LogP contribution < -0.4 is 9.64 Å². The third-order valence-corrected chi connectivity index (χ3v) is 9.18. The number of hydrogen-bond donors (Lipinski definition) is 1. The second kappa shape index (κ2) is 12.9. The first-order valence-electron chi connectivity index (χ1n) is 15.4. The Hall–Kier alpha value is -4.76. The van der Waals surface area contributed by atoms with Gasteiger partial charge in [0.25, 0.3) is 5.91 Å². The number of piperazine rings is 1. The van der Waals surface area contributed by atoms with E-state index < -0.39 is 24.5 Å². The lowest BCUT2D eigenvalue weighted by atomic mass is 9.93. The number of ether oxygens (including phenoxy) is 1. The molecule has 0 spiro atoms. The van der Waals surface area contributed by atoms with Gasteiger partial charge in [-0.15, -0.1) is 0 Å². The van der Waals surface area contributed by atoms with Gasteiger partial charge in [-0.3, -0.25) is 9.69 Å². The number of carbonyl (C=O) groups excluding carboxylic acids is 1. The maximum atomic E-state index is 13.9. The number of phenolic OH excluding ortho intramolecular Hbond substituents is 1. The van der Waals surface area contributed by atoms with Crippen LogP contribution in [0.2, 0.25) is 0 Å². The van der Waals surface area contributed by atoms with E-state index in [0.29, 0.717) is 35.4 Å². The Kier molecular flexibility index (Phi) is 8.77. The van der Waals surface area contributed by atoms with Crippen molar-refractivity contribution in [2.24, 2.45) is 0 Å². The zero-order chi connectivity index (χ0) is 32.5. The third-order valence-electron chi connectivity index (χ3n) is 9.18. The lowest BCUT2D eigenvalue weighted by Gasteiger charge is -2.41. The molecule has 0 unspecified atom stereocenters. The smallest absolute Gasteiger partial charge is 0.319 e. The van der Waals surface area contributed by atoms with Crippen molar-refractivity contribution in [2.75, 3.05) is 50.9 Å². The number of aryl methyl sites for hydroxylation is 1. The molecule has 2 fully saturated rings. The molecular weight excluding hydrogens is 594 g/mol. The number of benzene rings is 2. The number of alkyl halides is 1. The monoisotopic (exact) mass is 630 g/mol. The molecule has 4 aromatic rings. The van der Waals surface area contributed by atoms with Crippen molar-refractivity contribution in [2.45, 2.75) is 45.2 Å². The molecule has 2 saturated heterocycles. The first kappa shape index (κ1) is 31.2. The molecule has 1 N–H and O–H groups in total. The predicted molar refractivity (Wildman–Crippen MR) is 170 cm³/mol. The Morgan fingerprint density at radius 1 is 1.20 bits per heavy atom. The normalized spacial score (nSPS) is 18.8. The topological polar surface area (TPSA) is 119 Å².